The van der Waals surface area contributed by atoms with Gasteiger partial charge >= 0.3 is 0 Å². The summed E-state index contributed by atoms with van der Waals surface area (Å²) in [5, 5.41) is 3.48. The Kier molecular flexibility index (Phi) is 1.73. The third-order valence-corrected chi connectivity index (χ3v) is 3.98. The van der Waals surface area contributed by atoms with E-state index in [0.717, 1.165) is 25.3 Å². The number of allylic oxidation sites excluding steroid dienone is 2. The predicted octanol–water partition coefficient (Wildman–Crippen LogP) is 2.01. The van der Waals surface area contributed by atoms with Gasteiger partial charge in [0.1, 0.15) is 0 Å². The summed E-state index contributed by atoms with van der Waals surface area (Å²) >= 11 is 0. The Morgan fingerprint density at radius 3 is 2.64 bits per heavy atom. The van der Waals surface area contributed by atoms with E-state index in [4.69, 9.17) is 0 Å². The van der Waals surface area contributed by atoms with Gasteiger partial charge in [-0.05, 0) is 43.4 Å². The summed E-state index contributed by atoms with van der Waals surface area (Å²) in [4.78, 5) is 11.0. The smallest absolute Gasteiger partial charge is 0.157 e. The number of ketones is 1. The van der Waals surface area contributed by atoms with Crippen molar-refractivity contribution in [3.8, 4) is 0 Å². The molecule has 0 unspecified atom stereocenters. The molecule has 1 N–H and O–H groups in total. The molecule has 3 aliphatic rings. The van der Waals surface area contributed by atoms with E-state index in [2.05, 4.69) is 5.32 Å². The number of rotatable bonds is 4. The second-order valence-corrected chi connectivity index (χ2v) is 5.13. The largest absolute Gasteiger partial charge is 0.388 e. The molecule has 14 heavy (non-hydrogen) atoms. The highest BCUT2D eigenvalue weighted by molar-refractivity contribution is 5.92. The van der Waals surface area contributed by atoms with Gasteiger partial charge in [0.25, 0.3) is 0 Å². The quantitative estimate of drug-likeness (QED) is 0.736. The molecular formula is C12H17NO. The van der Waals surface area contributed by atoms with Crippen LogP contribution in [0.1, 0.15) is 38.5 Å². The maximum Gasteiger partial charge on any atom is 0.157 e. The minimum Gasteiger partial charge on any atom is -0.388 e. The number of hydrogen-bond donors (Lipinski definition) is 1. The van der Waals surface area contributed by atoms with Crippen LogP contribution in [0.25, 0.3) is 0 Å². The lowest BCUT2D eigenvalue weighted by atomic mass is 10.0. The van der Waals surface area contributed by atoms with Crippen molar-refractivity contribution in [1.82, 2.24) is 5.32 Å². The molecule has 0 saturated heterocycles. The topological polar surface area (TPSA) is 29.1 Å². The molecule has 0 spiro atoms. The molecule has 2 saturated carbocycles. The van der Waals surface area contributed by atoms with Crippen LogP contribution in [0.5, 0.6) is 0 Å². The van der Waals surface area contributed by atoms with Crippen LogP contribution >= 0.6 is 0 Å². The molecule has 3 rings (SSSR count). The van der Waals surface area contributed by atoms with Crippen molar-refractivity contribution in [2.45, 2.75) is 38.5 Å². The fourth-order valence-electron chi connectivity index (χ4n) is 2.61. The van der Waals surface area contributed by atoms with Crippen LogP contribution in [-0.2, 0) is 4.79 Å². The molecule has 0 radical (unpaired) electrons. The van der Waals surface area contributed by atoms with Gasteiger partial charge in [-0.2, -0.15) is 0 Å². The van der Waals surface area contributed by atoms with E-state index >= 15 is 0 Å². The first-order valence-corrected chi connectivity index (χ1v) is 5.76. The van der Waals surface area contributed by atoms with Crippen molar-refractivity contribution in [3.05, 3.63) is 11.8 Å². The SMILES string of the molecule is O=C1C=C(NCC2(C3CC3)CC2)CC1. The van der Waals surface area contributed by atoms with Gasteiger partial charge < -0.3 is 5.32 Å². The van der Waals surface area contributed by atoms with Crippen LogP contribution in [0.4, 0.5) is 0 Å². The van der Waals surface area contributed by atoms with E-state index in [-0.39, 0.29) is 0 Å². The summed E-state index contributed by atoms with van der Waals surface area (Å²) in [5.41, 5.74) is 1.83. The highest BCUT2D eigenvalue weighted by atomic mass is 16.1. The van der Waals surface area contributed by atoms with Gasteiger partial charge in [0.05, 0.1) is 0 Å². The van der Waals surface area contributed by atoms with Gasteiger partial charge in [-0.1, -0.05) is 0 Å². The van der Waals surface area contributed by atoms with Crippen molar-refractivity contribution < 1.29 is 4.79 Å². The number of hydrogen-bond acceptors (Lipinski definition) is 2. The standard InChI is InChI=1S/C12H17NO/c14-11-4-3-10(7-11)13-8-12(5-6-12)9-1-2-9/h7,9,13H,1-6,8H2. The fourth-order valence-corrected chi connectivity index (χ4v) is 2.61. The molecule has 0 aromatic heterocycles. The van der Waals surface area contributed by atoms with Crippen molar-refractivity contribution in [2.24, 2.45) is 11.3 Å². The third-order valence-electron chi connectivity index (χ3n) is 3.98. The van der Waals surface area contributed by atoms with E-state index in [1.807, 2.05) is 0 Å². The van der Waals surface area contributed by atoms with Gasteiger partial charge in [0, 0.05) is 24.7 Å². The molecule has 3 aliphatic carbocycles. The van der Waals surface area contributed by atoms with E-state index < -0.39 is 0 Å². The number of carbonyl (C=O) groups excluding carboxylic acids is 1. The van der Waals surface area contributed by atoms with Gasteiger partial charge in [-0.25, -0.2) is 0 Å². The Bertz CT molecular complexity index is 297. The fraction of sp³-hybridized carbons (Fsp3) is 0.750. The van der Waals surface area contributed by atoms with E-state index in [9.17, 15) is 4.79 Å². The average Bonchev–Trinajstić information content (AvgIpc) is 3.03. The minimum atomic E-state index is 0.295. The predicted molar refractivity (Wildman–Crippen MR) is 54.7 cm³/mol. The maximum atomic E-state index is 11.0. The highest BCUT2D eigenvalue weighted by Crippen LogP contribution is 2.60. The van der Waals surface area contributed by atoms with Crippen LogP contribution < -0.4 is 5.32 Å². The molecule has 2 nitrogen and oxygen atoms in total. The second kappa shape index (κ2) is 2.85. The molecule has 0 aromatic rings. The highest BCUT2D eigenvalue weighted by Gasteiger charge is 2.53. The lowest BCUT2D eigenvalue weighted by molar-refractivity contribution is -0.114. The van der Waals surface area contributed by atoms with Crippen molar-refractivity contribution >= 4 is 5.78 Å². The summed E-state index contributed by atoms with van der Waals surface area (Å²) in [7, 11) is 0. The molecule has 2 heteroatoms. The van der Waals surface area contributed by atoms with Crippen molar-refractivity contribution in [1.29, 1.82) is 0 Å². The van der Waals surface area contributed by atoms with Gasteiger partial charge in [0.15, 0.2) is 5.78 Å². The Morgan fingerprint density at radius 1 is 1.36 bits per heavy atom. The first-order chi connectivity index (χ1) is 6.78. The van der Waals surface area contributed by atoms with E-state index in [0.29, 0.717) is 11.2 Å². The lowest BCUT2D eigenvalue weighted by Crippen LogP contribution is -2.24. The van der Waals surface area contributed by atoms with Crippen LogP contribution in [-0.4, -0.2) is 12.3 Å². The van der Waals surface area contributed by atoms with Gasteiger partial charge in [-0.15, -0.1) is 0 Å². The van der Waals surface area contributed by atoms with Crippen LogP contribution in [0.3, 0.4) is 0 Å². The third kappa shape index (κ3) is 1.47. The average molecular weight is 191 g/mol. The van der Waals surface area contributed by atoms with E-state index in [1.165, 1.54) is 31.4 Å². The Morgan fingerprint density at radius 2 is 2.14 bits per heavy atom. The summed E-state index contributed by atoms with van der Waals surface area (Å²) < 4.78 is 0. The number of nitrogens with one attached hydrogen (secondary N) is 1. The van der Waals surface area contributed by atoms with Crippen LogP contribution in [0, 0.1) is 11.3 Å². The Labute approximate surface area is 84.8 Å². The zero-order valence-corrected chi connectivity index (χ0v) is 8.51. The Balaban J connectivity index is 1.54. The first-order valence-electron chi connectivity index (χ1n) is 5.76. The molecule has 76 valence electrons. The normalized spacial score (nSPS) is 28.9. The molecule has 0 aliphatic heterocycles. The lowest BCUT2D eigenvalue weighted by Gasteiger charge is -2.16. The molecule has 0 aromatic carbocycles. The van der Waals surface area contributed by atoms with Crippen molar-refractivity contribution in [2.75, 3.05) is 6.54 Å². The molecule has 0 bridgehead atoms. The first kappa shape index (κ1) is 8.51. The van der Waals surface area contributed by atoms with Crippen molar-refractivity contribution in [3.63, 3.8) is 0 Å². The van der Waals surface area contributed by atoms with Gasteiger partial charge in [0.2, 0.25) is 0 Å². The maximum absolute atomic E-state index is 11.0. The molecule has 0 amide bonds. The Hall–Kier alpha value is -0.790. The summed E-state index contributed by atoms with van der Waals surface area (Å²) in [6.07, 6.45) is 9.17. The molecular weight excluding hydrogens is 174 g/mol. The van der Waals surface area contributed by atoms with Gasteiger partial charge in [-0.3, -0.25) is 4.79 Å². The van der Waals surface area contributed by atoms with E-state index in [1.54, 1.807) is 6.08 Å². The molecule has 0 atom stereocenters. The van der Waals surface area contributed by atoms with Crippen LogP contribution in [0.15, 0.2) is 11.8 Å². The second-order valence-electron chi connectivity index (χ2n) is 5.13. The molecule has 2 fully saturated rings. The monoisotopic (exact) mass is 191 g/mol. The van der Waals surface area contributed by atoms with Crippen LogP contribution in [0.2, 0.25) is 0 Å². The molecule has 0 heterocycles. The summed E-state index contributed by atoms with van der Waals surface area (Å²) in [6.45, 7) is 1.12. The minimum absolute atomic E-state index is 0.295. The zero-order valence-electron chi connectivity index (χ0n) is 8.51. The number of carbonyl (C=O) groups is 1. The summed E-state index contributed by atoms with van der Waals surface area (Å²) in [5.74, 6) is 1.30. The zero-order chi connectivity index (χ0) is 9.60. The summed E-state index contributed by atoms with van der Waals surface area (Å²) in [6, 6.07) is 0.